The number of hydrogen-bond acceptors (Lipinski definition) is 7. The number of benzene rings is 2. The zero-order valence-corrected chi connectivity index (χ0v) is 18.9. The van der Waals surface area contributed by atoms with E-state index in [0.717, 1.165) is 38.2 Å². The number of hydrogen-bond donors (Lipinski definition) is 2. The lowest BCUT2D eigenvalue weighted by molar-refractivity contribution is 0.0322. The molecule has 0 amide bonds. The van der Waals surface area contributed by atoms with Gasteiger partial charge < -0.3 is 24.9 Å². The van der Waals surface area contributed by atoms with Crippen LogP contribution in [0, 0.1) is 0 Å². The summed E-state index contributed by atoms with van der Waals surface area (Å²) in [6.45, 7) is 4.70. The molecule has 0 atom stereocenters. The third-order valence-electron chi connectivity index (χ3n) is 5.80. The molecule has 2 aromatic carbocycles. The number of methoxy groups -OCH3 is 1. The van der Waals surface area contributed by atoms with E-state index in [2.05, 4.69) is 15.0 Å². The summed E-state index contributed by atoms with van der Waals surface area (Å²) in [7, 11) is 1.56. The molecule has 5 rings (SSSR count). The lowest BCUT2D eigenvalue weighted by Crippen LogP contribution is -2.38. The van der Waals surface area contributed by atoms with E-state index in [0.29, 0.717) is 45.2 Å². The Morgan fingerprint density at radius 2 is 1.97 bits per heavy atom. The summed E-state index contributed by atoms with van der Waals surface area (Å²) in [6.07, 6.45) is 0. The normalized spacial score (nSPS) is 14.7. The Morgan fingerprint density at radius 1 is 1.18 bits per heavy atom. The third-order valence-corrected chi connectivity index (χ3v) is 6.12. The summed E-state index contributed by atoms with van der Waals surface area (Å²) in [4.78, 5) is 18.1. The van der Waals surface area contributed by atoms with Gasteiger partial charge in [-0.2, -0.15) is 5.10 Å². The minimum atomic E-state index is -0.328. The summed E-state index contributed by atoms with van der Waals surface area (Å²) >= 11 is 6.39. The van der Waals surface area contributed by atoms with Gasteiger partial charge >= 0.3 is 0 Å². The van der Waals surface area contributed by atoms with E-state index in [1.54, 1.807) is 25.3 Å². The molecule has 9 nitrogen and oxygen atoms in total. The first-order valence-corrected chi connectivity index (χ1v) is 11.0. The number of pyridine rings is 1. The molecule has 172 valence electrons. The number of anilines is 1. The number of morpholine rings is 1. The van der Waals surface area contributed by atoms with Crippen molar-refractivity contribution in [2.24, 2.45) is 0 Å². The lowest BCUT2D eigenvalue weighted by Gasteiger charge is -2.26. The smallest absolute Gasteiger partial charge is 0.261 e. The number of ether oxygens (including phenoxy) is 3. The van der Waals surface area contributed by atoms with Gasteiger partial charge in [-0.3, -0.25) is 9.69 Å². The van der Waals surface area contributed by atoms with Gasteiger partial charge in [0.15, 0.2) is 0 Å². The predicted molar refractivity (Wildman–Crippen MR) is 128 cm³/mol. The first-order chi connectivity index (χ1) is 16.0. The number of nitrogens with two attached hydrogens (primary N) is 1. The Kier molecular flexibility index (Phi) is 5.84. The van der Waals surface area contributed by atoms with Crippen molar-refractivity contribution >= 4 is 39.2 Å². The summed E-state index contributed by atoms with van der Waals surface area (Å²) in [6, 6.07) is 10.7. The zero-order chi connectivity index (χ0) is 22.9. The molecular formula is C23H24ClN5O4. The van der Waals surface area contributed by atoms with Crippen LogP contribution in [0.15, 0.2) is 41.2 Å². The Labute approximate surface area is 194 Å². The first kappa shape index (κ1) is 21.6. The molecule has 0 bridgehead atoms. The molecule has 2 aromatic heterocycles. The second kappa shape index (κ2) is 8.93. The molecule has 0 spiro atoms. The van der Waals surface area contributed by atoms with Crippen molar-refractivity contribution in [3.8, 4) is 17.2 Å². The summed E-state index contributed by atoms with van der Waals surface area (Å²) in [5, 5.41) is 6.14. The molecule has 1 aliphatic heterocycles. The van der Waals surface area contributed by atoms with Gasteiger partial charge in [-0.05, 0) is 24.3 Å². The molecular weight excluding hydrogens is 446 g/mol. The molecule has 1 saturated heterocycles. The van der Waals surface area contributed by atoms with Gasteiger partial charge in [0.05, 0.1) is 36.6 Å². The van der Waals surface area contributed by atoms with E-state index >= 15 is 0 Å². The van der Waals surface area contributed by atoms with Crippen LogP contribution in [0.2, 0.25) is 5.02 Å². The fourth-order valence-corrected chi connectivity index (χ4v) is 4.23. The van der Waals surface area contributed by atoms with Crippen molar-refractivity contribution in [3.63, 3.8) is 0 Å². The van der Waals surface area contributed by atoms with Crippen LogP contribution in [0.3, 0.4) is 0 Å². The quantitative estimate of drug-likeness (QED) is 0.447. The van der Waals surface area contributed by atoms with Crippen LogP contribution < -0.4 is 20.8 Å². The second-order valence-corrected chi connectivity index (χ2v) is 8.21. The highest BCUT2D eigenvalue weighted by molar-refractivity contribution is 6.32. The van der Waals surface area contributed by atoms with Crippen LogP contribution in [0.5, 0.6) is 11.5 Å². The monoisotopic (exact) mass is 469 g/mol. The van der Waals surface area contributed by atoms with Crippen LogP contribution in [0.1, 0.15) is 0 Å². The number of aromatic nitrogens is 3. The van der Waals surface area contributed by atoms with Gasteiger partial charge in [0.2, 0.25) is 0 Å². The van der Waals surface area contributed by atoms with Crippen LogP contribution in [-0.2, 0) is 4.74 Å². The van der Waals surface area contributed by atoms with Gasteiger partial charge in [0, 0.05) is 37.2 Å². The van der Waals surface area contributed by atoms with E-state index in [1.807, 2.05) is 18.2 Å². The summed E-state index contributed by atoms with van der Waals surface area (Å²) in [5.41, 5.74) is 7.65. The van der Waals surface area contributed by atoms with Gasteiger partial charge in [-0.25, -0.2) is 4.68 Å². The van der Waals surface area contributed by atoms with Gasteiger partial charge in [0.25, 0.3) is 5.56 Å². The van der Waals surface area contributed by atoms with Gasteiger partial charge in [0.1, 0.15) is 34.8 Å². The van der Waals surface area contributed by atoms with E-state index in [9.17, 15) is 4.79 Å². The molecule has 3 N–H and O–H groups in total. The van der Waals surface area contributed by atoms with E-state index in [4.69, 9.17) is 31.5 Å². The average molecular weight is 470 g/mol. The van der Waals surface area contributed by atoms with Gasteiger partial charge in [-0.1, -0.05) is 11.6 Å². The highest BCUT2D eigenvalue weighted by atomic mass is 35.5. The SMILES string of the molecule is COc1ccc(Cl)c(-n2nc3c(c2N)c(=O)[nH]c2cc(OCCN4CCOCC4)ccc23)c1. The minimum Gasteiger partial charge on any atom is -0.497 e. The Hall–Kier alpha value is -3.27. The molecule has 3 heterocycles. The number of nitrogens with zero attached hydrogens (tertiary/aromatic N) is 3. The standard InChI is InChI=1S/C23H24ClN5O4/c1-31-14-3-5-17(24)19(13-14)29-22(25)20-21(27-29)16-4-2-15(12-18(16)26-23(20)30)33-11-8-28-6-9-32-10-7-28/h2-5,12-13H,6-11,25H2,1H3,(H,26,30). The van der Waals surface area contributed by atoms with E-state index in [-0.39, 0.29) is 11.4 Å². The number of fused-ring (bicyclic) bond motifs is 3. The fraction of sp³-hybridized carbons (Fsp3) is 0.304. The molecule has 0 radical (unpaired) electrons. The van der Waals surface area contributed by atoms with Crippen molar-refractivity contribution in [2.75, 3.05) is 52.3 Å². The van der Waals surface area contributed by atoms with Crippen molar-refractivity contribution in [3.05, 3.63) is 51.8 Å². The number of rotatable bonds is 6. The van der Waals surface area contributed by atoms with E-state index < -0.39 is 0 Å². The molecule has 4 aromatic rings. The maximum Gasteiger partial charge on any atom is 0.261 e. The van der Waals surface area contributed by atoms with Crippen molar-refractivity contribution in [1.29, 1.82) is 0 Å². The van der Waals surface area contributed by atoms with Crippen LogP contribution in [0.4, 0.5) is 5.82 Å². The fourth-order valence-electron chi connectivity index (χ4n) is 4.03. The van der Waals surface area contributed by atoms with Crippen molar-refractivity contribution in [1.82, 2.24) is 19.7 Å². The topological polar surface area (TPSA) is 108 Å². The largest absolute Gasteiger partial charge is 0.497 e. The number of H-pyrrole nitrogens is 1. The Bertz CT molecular complexity index is 1380. The van der Waals surface area contributed by atoms with Crippen LogP contribution in [0.25, 0.3) is 27.5 Å². The molecule has 1 aliphatic rings. The molecule has 0 aliphatic carbocycles. The number of aromatic amines is 1. The number of nitrogen functional groups attached to an aromatic ring is 1. The summed E-state index contributed by atoms with van der Waals surface area (Å²) < 4.78 is 18.1. The molecule has 33 heavy (non-hydrogen) atoms. The lowest BCUT2D eigenvalue weighted by atomic mass is 10.1. The Morgan fingerprint density at radius 3 is 2.76 bits per heavy atom. The molecule has 10 heteroatoms. The van der Waals surface area contributed by atoms with Gasteiger partial charge in [-0.15, -0.1) is 0 Å². The van der Waals surface area contributed by atoms with Crippen LogP contribution in [-0.4, -0.2) is 66.2 Å². The average Bonchev–Trinajstić information content (AvgIpc) is 3.18. The van der Waals surface area contributed by atoms with E-state index in [1.165, 1.54) is 4.68 Å². The highest BCUT2D eigenvalue weighted by Crippen LogP contribution is 2.32. The first-order valence-electron chi connectivity index (χ1n) is 10.7. The zero-order valence-electron chi connectivity index (χ0n) is 18.1. The van der Waals surface area contributed by atoms with Crippen LogP contribution >= 0.6 is 11.6 Å². The maximum atomic E-state index is 12.9. The Balaban J connectivity index is 1.49. The minimum absolute atomic E-state index is 0.203. The molecule has 0 saturated carbocycles. The number of nitrogens with one attached hydrogen (secondary N) is 1. The highest BCUT2D eigenvalue weighted by Gasteiger charge is 2.19. The summed E-state index contributed by atoms with van der Waals surface area (Å²) in [5.74, 6) is 1.48. The molecule has 0 unspecified atom stereocenters. The predicted octanol–water partition coefficient (Wildman–Crippen LogP) is 2.82. The second-order valence-electron chi connectivity index (χ2n) is 7.80. The maximum absolute atomic E-state index is 12.9. The van der Waals surface area contributed by atoms with Crippen molar-refractivity contribution in [2.45, 2.75) is 0 Å². The third kappa shape index (κ3) is 4.10. The van der Waals surface area contributed by atoms with Crippen molar-refractivity contribution < 1.29 is 14.2 Å². The number of halogens is 1. The molecule has 1 fully saturated rings.